The number of esters is 1. The van der Waals surface area contributed by atoms with Gasteiger partial charge < -0.3 is 10.5 Å². The summed E-state index contributed by atoms with van der Waals surface area (Å²) in [6.07, 6.45) is 2.84. The molecular formula is C17H18N4O3. The second-order valence-electron chi connectivity index (χ2n) is 5.21. The highest BCUT2D eigenvalue weighted by Gasteiger charge is 2.18. The zero-order valence-electron chi connectivity index (χ0n) is 13.1. The van der Waals surface area contributed by atoms with Crippen molar-refractivity contribution in [2.24, 2.45) is 0 Å². The van der Waals surface area contributed by atoms with Crippen LogP contribution in [-0.4, -0.2) is 22.5 Å². The number of benzene rings is 1. The molecule has 24 heavy (non-hydrogen) atoms. The number of nitrogens with two attached hydrogens (primary N) is 1. The van der Waals surface area contributed by atoms with Crippen LogP contribution in [0.25, 0.3) is 0 Å². The van der Waals surface area contributed by atoms with Gasteiger partial charge in [-0.1, -0.05) is 30.3 Å². The Kier molecular flexibility index (Phi) is 6.08. The Bertz CT molecular complexity index is 794. The maximum Gasteiger partial charge on any atom is 0.358 e. The Morgan fingerprint density at radius 3 is 2.67 bits per heavy atom. The average Bonchev–Trinajstić information content (AvgIpc) is 2.58. The van der Waals surface area contributed by atoms with E-state index in [9.17, 15) is 9.59 Å². The van der Waals surface area contributed by atoms with E-state index < -0.39 is 18.1 Å². The van der Waals surface area contributed by atoms with E-state index >= 15 is 0 Å². The second-order valence-corrected chi connectivity index (χ2v) is 5.21. The minimum atomic E-state index is -0.813. The quantitative estimate of drug-likeness (QED) is 0.588. The predicted octanol–water partition coefficient (Wildman–Crippen LogP) is 1.60. The molecule has 3 N–H and O–H groups in total. The molecule has 2 aromatic rings. The Morgan fingerprint density at radius 2 is 1.96 bits per heavy atom. The first-order chi connectivity index (χ1) is 11.6. The number of hydrogen-bond donors (Lipinski definition) is 2. The lowest BCUT2D eigenvalue weighted by atomic mass is 10.0. The van der Waals surface area contributed by atoms with Gasteiger partial charge in [-0.05, 0) is 31.2 Å². The molecule has 0 amide bonds. The minimum Gasteiger partial charge on any atom is -0.446 e. The summed E-state index contributed by atoms with van der Waals surface area (Å²) in [7, 11) is 0. The fourth-order valence-electron chi connectivity index (χ4n) is 2.36. The van der Waals surface area contributed by atoms with Crippen molar-refractivity contribution in [1.82, 2.24) is 9.97 Å². The van der Waals surface area contributed by atoms with Crippen molar-refractivity contribution in [2.75, 3.05) is 12.3 Å². The number of nitriles is 1. The van der Waals surface area contributed by atoms with Crippen LogP contribution in [0.4, 0.5) is 5.95 Å². The summed E-state index contributed by atoms with van der Waals surface area (Å²) in [6, 6.07) is 11.7. The first kappa shape index (κ1) is 17.2. The lowest BCUT2D eigenvalue weighted by Gasteiger charge is -2.08. The number of aromatic amines is 1. The third-order valence-corrected chi connectivity index (χ3v) is 3.48. The highest BCUT2D eigenvalue weighted by atomic mass is 16.5. The molecule has 1 aromatic heterocycles. The Morgan fingerprint density at radius 1 is 1.25 bits per heavy atom. The maximum absolute atomic E-state index is 12.1. The van der Waals surface area contributed by atoms with Crippen LogP contribution in [0.1, 0.15) is 34.5 Å². The van der Waals surface area contributed by atoms with Crippen molar-refractivity contribution in [3.8, 4) is 6.07 Å². The van der Waals surface area contributed by atoms with E-state index in [2.05, 4.69) is 9.97 Å². The molecule has 0 bridgehead atoms. The summed E-state index contributed by atoms with van der Waals surface area (Å²) < 4.78 is 4.73. The molecule has 0 atom stereocenters. The molecule has 1 heterocycles. The molecule has 7 nitrogen and oxygen atoms in total. The third kappa shape index (κ3) is 4.68. The standard InChI is InChI=1S/C17H18N4O3/c18-10-11-24-16(23)14-13(15(22)21-17(19)20-14)9-5-4-8-12-6-2-1-3-7-12/h1-3,6-7H,4-5,8-9,11H2,(H3,19,20,21,22). The summed E-state index contributed by atoms with van der Waals surface area (Å²) in [6.45, 7) is -0.402. The molecule has 7 heteroatoms. The molecule has 0 aliphatic carbocycles. The van der Waals surface area contributed by atoms with E-state index in [1.54, 1.807) is 6.07 Å². The monoisotopic (exact) mass is 326 g/mol. The number of carbonyl (C=O) groups is 1. The van der Waals surface area contributed by atoms with Gasteiger partial charge in [0.15, 0.2) is 12.3 Å². The SMILES string of the molecule is N#CCOC(=O)c1nc(N)[nH]c(=O)c1CCCCc1ccccc1. The number of nitrogens with one attached hydrogen (secondary N) is 1. The van der Waals surface area contributed by atoms with E-state index in [0.717, 1.165) is 12.8 Å². The van der Waals surface area contributed by atoms with Crippen LogP contribution in [0.15, 0.2) is 35.1 Å². The van der Waals surface area contributed by atoms with Gasteiger partial charge in [0.25, 0.3) is 5.56 Å². The number of hydrogen-bond acceptors (Lipinski definition) is 6. The van der Waals surface area contributed by atoms with Crippen molar-refractivity contribution >= 4 is 11.9 Å². The Balaban J connectivity index is 2.04. The summed E-state index contributed by atoms with van der Waals surface area (Å²) in [5, 5.41) is 8.48. The number of carbonyl (C=O) groups excluding carboxylic acids is 1. The molecule has 0 spiro atoms. The number of nitrogen functional groups attached to an aromatic ring is 1. The fraction of sp³-hybridized carbons (Fsp3) is 0.294. The summed E-state index contributed by atoms with van der Waals surface area (Å²) in [4.78, 5) is 30.2. The molecular weight excluding hydrogens is 308 g/mol. The molecule has 0 aliphatic rings. The zero-order chi connectivity index (χ0) is 17.4. The van der Waals surface area contributed by atoms with Crippen molar-refractivity contribution < 1.29 is 9.53 Å². The predicted molar refractivity (Wildman–Crippen MR) is 88.2 cm³/mol. The number of ether oxygens (including phenoxy) is 1. The normalized spacial score (nSPS) is 10.1. The average molecular weight is 326 g/mol. The van der Waals surface area contributed by atoms with Crippen molar-refractivity contribution in [2.45, 2.75) is 25.7 Å². The third-order valence-electron chi connectivity index (χ3n) is 3.48. The van der Waals surface area contributed by atoms with Gasteiger partial charge in [0.1, 0.15) is 6.07 Å². The van der Waals surface area contributed by atoms with Crippen molar-refractivity contribution in [3.63, 3.8) is 0 Å². The summed E-state index contributed by atoms with van der Waals surface area (Å²) in [5.74, 6) is -0.968. The summed E-state index contributed by atoms with van der Waals surface area (Å²) in [5.41, 5.74) is 6.37. The Labute approximate surface area is 139 Å². The topological polar surface area (TPSA) is 122 Å². The number of aryl methyl sites for hydroxylation is 1. The first-order valence-electron chi connectivity index (χ1n) is 7.58. The van der Waals surface area contributed by atoms with Crippen molar-refractivity contribution in [1.29, 1.82) is 5.26 Å². The van der Waals surface area contributed by atoms with Crippen LogP contribution < -0.4 is 11.3 Å². The molecule has 0 aliphatic heterocycles. The summed E-state index contributed by atoms with van der Waals surface area (Å²) >= 11 is 0. The highest BCUT2D eigenvalue weighted by Crippen LogP contribution is 2.11. The number of unbranched alkanes of at least 4 members (excludes halogenated alkanes) is 1. The van der Waals surface area contributed by atoms with Crippen LogP contribution in [0.5, 0.6) is 0 Å². The van der Waals surface area contributed by atoms with Crippen LogP contribution in [-0.2, 0) is 17.6 Å². The zero-order valence-corrected chi connectivity index (χ0v) is 13.1. The fourth-order valence-corrected chi connectivity index (χ4v) is 2.36. The van der Waals surface area contributed by atoms with E-state index in [4.69, 9.17) is 15.7 Å². The van der Waals surface area contributed by atoms with Gasteiger partial charge in [-0.3, -0.25) is 9.78 Å². The highest BCUT2D eigenvalue weighted by molar-refractivity contribution is 5.89. The van der Waals surface area contributed by atoms with Gasteiger partial charge in [-0.2, -0.15) is 5.26 Å². The molecule has 0 unspecified atom stereocenters. The molecule has 0 fully saturated rings. The molecule has 124 valence electrons. The number of H-pyrrole nitrogens is 1. The lowest BCUT2D eigenvalue weighted by molar-refractivity contribution is 0.0546. The van der Waals surface area contributed by atoms with E-state index in [1.807, 2.05) is 30.3 Å². The van der Waals surface area contributed by atoms with E-state index in [-0.39, 0.29) is 17.2 Å². The lowest BCUT2D eigenvalue weighted by Crippen LogP contribution is -2.23. The van der Waals surface area contributed by atoms with Gasteiger partial charge in [-0.15, -0.1) is 0 Å². The first-order valence-corrected chi connectivity index (χ1v) is 7.58. The molecule has 0 saturated carbocycles. The maximum atomic E-state index is 12.1. The second kappa shape index (κ2) is 8.48. The number of rotatable bonds is 7. The van der Waals surface area contributed by atoms with Gasteiger partial charge >= 0.3 is 5.97 Å². The largest absolute Gasteiger partial charge is 0.446 e. The van der Waals surface area contributed by atoms with Crippen LogP contribution in [0, 0.1) is 11.3 Å². The molecule has 1 aromatic carbocycles. The molecule has 0 saturated heterocycles. The number of nitrogens with zero attached hydrogens (tertiary/aromatic N) is 2. The Hall–Kier alpha value is -3.14. The van der Waals surface area contributed by atoms with Gasteiger partial charge in [-0.25, -0.2) is 9.78 Å². The van der Waals surface area contributed by atoms with Gasteiger partial charge in [0.05, 0.1) is 5.56 Å². The van der Waals surface area contributed by atoms with Crippen LogP contribution in [0.3, 0.4) is 0 Å². The van der Waals surface area contributed by atoms with E-state index in [0.29, 0.717) is 12.8 Å². The van der Waals surface area contributed by atoms with Crippen LogP contribution >= 0.6 is 0 Å². The van der Waals surface area contributed by atoms with E-state index in [1.165, 1.54) is 5.56 Å². The minimum absolute atomic E-state index is 0.119. The van der Waals surface area contributed by atoms with Crippen molar-refractivity contribution in [3.05, 3.63) is 57.5 Å². The number of aromatic nitrogens is 2. The number of anilines is 1. The molecule has 0 radical (unpaired) electrons. The van der Waals surface area contributed by atoms with Gasteiger partial charge in [0.2, 0.25) is 5.95 Å². The van der Waals surface area contributed by atoms with Gasteiger partial charge in [0, 0.05) is 0 Å². The smallest absolute Gasteiger partial charge is 0.358 e. The van der Waals surface area contributed by atoms with Crippen LogP contribution in [0.2, 0.25) is 0 Å². The molecule has 2 rings (SSSR count).